The zero-order valence-corrected chi connectivity index (χ0v) is 26.0. The van der Waals surface area contributed by atoms with E-state index in [2.05, 4.69) is 122 Å². The maximum absolute atomic E-state index is 5.21. The summed E-state index contributed by atoms with van der Waals surface area (Å²) in [5.74, 6) is 1.73. The number of aliphatic imine (C=N–C) groups is 2. The van der Waals surface area contributed by atoms with Crippen molar-refractivity contribution in [3.05, 3.63) is 154 Å². The van der Waals surface area contributed by atoms with E-state index in [9.17, 15) is 0 Å². The quantitative estimate of drug-likeness (QED) is 0.226. The minimum Gasteiger partial charge on any atom is -0.324 e. The molecule has 1 aliphatic heterocycles. The molecule has 220 valence electrons. The summed E-state index contributed by atoms with van der Waals surface area (Å²) < 4.78 is 0. The smallest absolute Gasteiger partial charge is 0.169 e. The molecule has 9 rings (SSSR count). The van der Waals surface area contributed by atoms with Gasteiger partial charge in [-0.15, -0.1) is 0 Å². The summed E-state index contributed by atoms with van der Waals surface area (Å²) in [5, 5.41) is 3.64. The Labute approximate surface area is 265 Å². The zero-order valence-electron chi connectivity index (χ0n) is 26.0. The monoisotopic (exact) mass is 583 g/mol. The van der Waals surface area contributed by atoms with E-state index in [-0.39, 0.29) is 17.0 Å². The second-order valence-electron chi connectivity index (χ2n) is 13.7. The van der Waals surface area contributed by atoms with Gasteiger partial charge in [-0.3, -0.25) is 0 Å². The molecule has 0 radical (unpaired) electrons. The average molecular weight is 584 g/mol. The summed E-state index contributed by atoms with van der Waals surface area (Å²) in [6.07, 6.45) is 6.03. The Morgan fingerprint density at radius 2 is 1.16 bits per heavy atom. The number of hydrogen-bond acceptors (Lipinski definition) is 3. The van der Waals surface area contributed by atoms with Crippen LogP contribution in [0.25, 0.3) is 22.3 Å². The van der Waals surface area contributed by atoms with Crippen LogP contribution in [0.1, 0.15) is 91.1 Å². The lowest BCUT2D eigenvalue weighted by atomic mass is 9.67. The van der Waals surface area contributed by atoms with Crippen LogP contribution in [-0.2, 0) is 10.8 Å². The molecular formula is C42H37N3. The lowest BCUT2D eigenvalue weighted by Crippen LogP contribution is -2.36. The third-order valence-corrected chi connectivity index (χ3v) is 10.9. The topological polar surface area (TPSA) is 36.8 Å². The minimum absolute atomic E-state index is 0.0278. The Bertz CT molecular complexity index is 2030. The highest BCUT2D eigenvalue weighted by Gasteiger charge is 2.46. The summed E-state index contributed by atoms with van der Waals surface area (Å²) in [6, 6.07) is 42.2. The molecule has 3 heteroatoms. The van der Waals surface area contributed by atoms with Crippen LogP contribution in [0.3, 0.4) is 0 Å². The first-order valence-electron chi connectivity index (χ1n) is 16.5. The van der Waals surface area contributed by atoms with Crippen molar-refractivity contribution in [1.29, 1.82) is 0 Å². The van der Waals surface area contributed by atoms with Gasteiger partial charge in [-0.25, -0.2) is 9.98 Å². The predicted molar refractivity (Wildman–Crippen MR) is 185 cm³/mol. The lowest BCUT2D eigenvalue weighted by molar-refractivity contribution is 0.353. The summed E-state index contributed by atoms with van der Waals surface area (Å²) >= 11 is 0. The summed E-state index contributed by atoms with van der Waals surface area (Å²) in [4.78, 5) is 10.3. The Morgan fingerprint density at radius 3 is 1.93 bits per heavy atom. The van der Waals surface area contributed by atoms with Gasteiger partial charge in [-0.1, -0.05) is 130 Å². The maximum Gasteiger partial charge on any atom is 0.169 e. The highest BCUT2D eigenvalue weighted by molar-refractivity contribution is 6.16. The van der Waals surface area contributed by atoms with Crippen molar-refractivity contribution in [2.75, 3.05) is 0 Å². The molecule has 1 heterocycles. The second-order valence-corrected chi connectivity index (χ2v) is 13.7. The second kappa shape index (κ2) is 9.87. The molecule has 1 atom stereocenters. The summed E-state index contributed by atoms with van der Waals surface area (Å²) in [7, 11) is 0. The van der Waals surface area contributed by atoms with Crippen LogP contribution in [0.2, 0.25) is 0 Å². The van der Waals surface area contributed by atoms with Crippen LogP contribution in [0.15, 0.2) is 125 Å². The van der Waals surface area contributed by atoms with E-state index in [1.807, 2.05) is 12.1 Å². The lowest BCUT2D eigenvalue weighted by Gasteiger charge is -2.36. The van der Waals surface area contributed by atoms with Gasteiger partial charge in [0.15, 0.2) is 6.17 Å². The van der Waals surface area contributed by atoms with E-state index >= 15 is 0 Å². The van der Waals surface area contributed by atoms with Gasteiger partial charge in [-0.05, 0) is 81.1 Å². The third kappa shape index (κ3) is 3.96. The fourth-order valence-corrected chi connectivity index (χ4v) is 8.65. The van der Waals surface area contributed by atoms with Crippen molar-refractivity contribution in [2.45, 2.75) is 62.9 Å². The number of nitrogens with one attached hydrogen (secondary N) is 1. The number of fused-ring (bicyclic) bond motifs is 8. The van der Waals surface area contributed by atoms with E-state index in [0.29, 0.717) is 0 Å². The fourth-order valence-electron chi connectivity index (χ4n) is 8.65. The van der Waals surface area contributed by atoms with Gasteiger partial charge in [0.25, 0.3) is 0 Å². The van der Waals surface area contributed by atoms with Gasteiger partial charge >= 0.3 is 0 Å². The largest absolute Gasteiger partial charge is 0.324 e. The molecule has 45 heavy (non-hydrogen) atoms. The molecule has 0 saturated heterocycles. The van der Waals surface area contributed by atoms with Gasteiger partial charge in [0.05, 0.1) is 0 Å². The summed E-state index contributed by atoms with van der Waals surface area (Å²) in [6.45, 7) is 4.78. The number of rotatable bonds is 3. The van der Waals surface area contributed by atoms with E-state index in [0.717, 1.165) is 28.4 Å². The highest BCUT2D eigenvalue weighted by atomic mass is 15.2. The van der Waals surface area contributed by atoms with Crippen LogP contribution >= 0.6 is 0 Å². The van der Waals surface area contributed by atoms with Gasteiger partial charge < -0.3 is 5.32 Å². The Kier molecular flexibility index (Phi) is 5.84. The van der Waals surface area contributed by atoms with Crippen LogP contribution in [0.4, 0.5) is 0 Å². The third-order valence-electron chi connectivity index (χ3n) is 10.9. The molecular weight excluding hydrogens is 546 g/mol. The molecule has 1 fully saturated rings. The number of benzene rings is 5. The molecule has 1 unspecified atom stereocenters. The molecule has 4 aliphatic rings. The van der Waals surface area contributed by atoms with E-state index in [1.54, 1.807) is 0 Å². The standard InChI is InChI=1S/C42H37N3/c1-41(2)34-19-11-10-18-30(34)32-26-37-33(25-36(32)41)31-24-29(20-21-35(31)42(37)22-12-5-13-23-42)40-44-38(27-14-6-3-7-15-27)43-39(45-40)28-16-8-4-9-17-28/h3-4,6-11,14-21,24-26,38H,5,12-13,22-23H2,1-2H3,(H,43,44,45). The summed E-state index contributed by atoms with van der Waals surface area (Å²) in [5.41, 5.74) is 14.9. The fraction of sp³-hybridized carbons (Fsp3) is 0.238. The van der Waals surface area contributed by atoms with E-state index in [4.69, 9.17) is 9.98 Å². The van der Waals surface area contributed by atoms with E-state index in [1.165, 1.54) is 76.6 Å². The van der Waals surface area contributed by atoms with Crippen LogP contribution in [-0.4, -0.2) is 11.7 Å². The molecule has 5 aromatic rings. The maximum atomic E-state index is 5.21. The molecule has 0 amide bonds. The first kappa shape index (κ1) is 26.6. The van der Waals surface area contributed by atoms with Crippen molar-refractivity contribution < 1.29 is 0 Å². The molecule has 1 N–H and O–H groups in total. The molecule has 0 bridgehead atoms. The highest BCUT2D eigenvalue weighted by Crippen LogP contribution is 2.59. The molecule has 0 aromatic heterocycles. The van der Waals surface area contributed by atoms with Crippen molar-refractivity contribution in [1.82, 2.24) is 5.32 Å². The van der Waals surface area contributed by atoms with Crippen molar-refractivity contribution in [2.24, 2.45) is 9.98 Å². The molecule has 3 nitrogen and oxygen atoms in total. The Hall–Kier alpha value is -4.76. The van der Waals surface area contributed by atoms with Crippen LogP contribution in [0.5, 0.6) is 0 Å². The number of nitrogens with zero attached hydrogens (tertiary/aromatic N) is 2. The molecule has 1 saturated carbocycles. The molecule has 1 spiro atoms. The first-order valence-corrected chi connectivity index (χ1v) is 16.5. The SMILES string of the molecule is CC1(C)c2ccccc2-c2cc3c(cc21)-c1cc(C2=NC(c4ccccc4)N=C(c4ccccc4)N2)ccc1C31CCCCC1. The van der Waals surface area contributed by atoms with Crippen LogP contribution < -0.4 is 5.32 Å². The van der Waals surface area contributed by atoms with Gasteiger partial charge in [0.2, 0.25) is 0 Å². The molecule has 5 aromatic carbocycles. The Balaban J connectivity index is 1.21. The van der Waals surface area contributed by atoms with Gasteiger partial charge in [0.1, 0.15) is 11.7 Å². The van der Waals surface area contributed by atoms with Crippen molar-refractivity contribution >= 4 is 11.7 Å². The van der Waals surface area contributed by atoms with Gasteiger partial charge in [-0.2, -0.15) is 0 Å². The van der Waals surface area contributed by atoms with Gasteiger partial charge in [0, 0.05) is 22.0 Å². The van der Waals surface area contributed by atoms with E-state index < -0.39 is 0 Å². The average Bonchev–Trinajstić information content (AvgIpc) is 3.49. The molecule has 3 aliphatic carbocycles. The number of amidine groups is 2. The van der Waals surface area contributed by atoms with Crippen molar-refractivity contribution in [3.63, 3.8) is 0 Å². The van der Waals surface area contributed by atoms with Crippen molar-refractivity contribution in [3.8, 4) is 22.3 Å². The minimum atomic E-state index is -0.301. The first-order chi connectivity index (χ1) is 22.0. The normalized spacial score (nSPS) is 19.9. The van der Waals surface area contributed by atoms with Crippen LogP contribution in [0, 0.1) is 0 Å². The predicted octanol–water partition coefficient (Wildman–Crippen LogP) is 9.72. The Morgan fingerprint density at radius 1 is 0.533 bits per heavy atom. The zero-order chi connectivity index (χ0) is 30.2. The number of hydrogen-bond donors (Lipinski definition) is 1.